The van der Waals surface area contributed by atoms with E-state index in [0.29, 0.717) is 23.4 Å². The largest absolute Gasteiger partial charge is 0.344 e. The van der Waals surface area contributed by atoms with Crippen molar-refractivity contribution in [3.05, 3.63) is 65.7 Å². The quantitative estimate of drug-likeness (QED) is 0.551. The van der Waals surface area contributed by atoms with Crippen LogP contribution in [0, 0.1) is 0 Å². The number of carbonyl (C=O) groups excluding carboxylic acids is 3. The summed E-state index contributed by atoms with van der Waals surface area (Å²) in [6, 6.07) is 15.0. The zero-order valence-electron chi connectivity index (χ0n) is 17.2. The van der Waals surface area contributed by atoms with E-state index in [1.54, 1.807) is 25.1 Å². The van der Waals surface area contributed by atoms with E-state index in [2.05, 4.69) is 20.5 Å². The van der Waals surface area contributed by atoms with Crippen LogP contribution in [-0.4, -0.2) is 49.2 Å². The Morgan fingerprint density at radius 2 is 1.78 bits per heavy atom. The van der Waals surface area contributed by atoms with E-state index in [1.807, 2.05) is 30.3 Å². The van der Waals surface area contributed by atoms with Crippen LogP contribution in [0.4, 0.5) is 4.79 Å². The number of amidine groups is 1. The molecule has 1 atom stereocenters. The Balaban J connectivity index is 1.40. The molecule has 4 rings (SSSR count). The Morgan fingerprint density at radius 3 is 2.53 bits per heavy atom. The van der Waals surface area contributed by atoms with Crippen molar-refractivity contribution in [2.75, 3.05) is 6.54 Å². The highest BCUT2D eigenvalue weighted by molar-refractivity contribution is 7.90. The molecule has 2 aliphatic rings. The molecule has 166 valence electrons. The summed E-state index contributed by atoms with van der Waals surface area (Å²) in [6.07, 6.45) is 0.924. The molecule has 0 aliphatic carbocycles. The smallest absolute Gasteiger partial charge is 0.322 e. The summed E-state index contributed by atoms with van der Waals surface area (Å²) in [4.78, 5) is 41.5. The molecule has 0 spiro atoms. The molecule has 1 fully saturated rings. The molecule has 32 heavy (non-hydrogen) atoms. The number of fused-ring (bicyclic) bond motifs is 1. The Kier molecular flexibility index (Phi) is 5.43. The van der Waals surface area contributed by atoms with Gasteiger partial charge in [0.05, 0.1) is 4.90 Å². The zero-order valence-corrected chi connectivity index (χ0v) is 18.0. The number of aryl methyl sites for hydroxylation is 1. The highest BCUT2D eigenvalue weighted by Gasteiger charge is 2.48. The van der Waals surface area contributed by atoms with Crippen molar-refractivity contribution >= 4 is 33.7 Å². The standard InChI is InChI=1S/C21H21N5O5S/c1-21(12-11-14-7-3-2-4-8-14)19(28)26(20(29)23-21)24-17(27)13-22-18-15-9-5-6-10-16(15)32(30,31)25-18/h2-10H,11-13H2,1H3,(H,22,25)(H,23,29)(H,24,27). The van der Waals surface area contributed by atoms with Crippen LogP contribution in [0.15, 0.2) is 64.5 Å². The predicted molar refractivity (Wildman–Crippen MR) is 115 cm³/mol. The van der Waals surface area contributed by atoms with E-state index in [-0.39, 0.29) is 10.7 Å². The fourth-order valence-electron chi connectivity index (χ4n) is 3.56. The molecule has 11 heteroatoms. The number of imide groups is 1. The fourth-order valence-corrected chi connectivity index (χ4v) is 4.81. The van der Waals surface area contributed by atoms with Crippen LogP contribution >= 0.6 is 0 Å². The average molecular weight is 455 g/mol. The van der Waals surface area contributed by atoms with Gasteiger partial charge in [0, 0.05) is 5.56 Å². The summed E-state index contributed by atoms with van der Waals surface area (Å²) >= 11 is 0. The van der Waals surface area contributed by atoms with Gasteiger partial charge in [-0.05, 0) is 37.5 Å². The minimum atomic E-state index is -3.73. The molecule has 2 aliphatic heterocycles. The first kappa shape index (κ1) is 21.5. The first-order valence-corrected chi connectivity index (χ1v) is 11.3. The molecule has 2 aromatic carbocycles. The Labute approximate surface area is 184 Å². The SMILES string of the molecule is CC1(CCc2ccccc2)NC(=O)N(NC(=O)CN=C2NS(=O)(=O)c3ccccc32)C1=O. The second-order valence-electron chi connectivity index (χ2n) is 7.69. The second kappa shape index (κ2) is 8.08. The van der Waals surface area contributed by atoms with E-state index in [1.165, 1.54) is 6.07 Å². The molecule has 0 radical (unpaired) electrons. The number of hydrogen-bond donors (Lipinski definition) is 3. The van der Waals surface area contributed by atoms with Gasteiger partial charge in [-0.25, -0.2) is 13.2 Å². The van der Waals surface area contributed by atoms with Gasteiger partial charge in [0.25, 0.3) is 21.8 Å². The highest BCUT2D eigenvalue weighted by atomic mass is 32.2. The third-order valence-corrected chi connectivity index (χ3v) is 6.69. The number of benzene rings is 2. The number of aliphatic imine (C=N–C) groups is 1. The number of nitrogens with one attached hydrogen (secondary N) is 3. The lowest BCUT2D eigenvalue weighted by atomic mass is 9.93. The number of hydrogen-bond acceptors (Lipinski definition) is 6. The molecule has 1 saturated heterocycles. The van der Waals surface area contributed by atoms with Crippen molar-refractivity contribution in [3.63, 3.8) is 0 Å². The van der Waals surface area contributed by atoms with Crippen molar-refractivity contribution < 1.29 is 22.8 Å². The average Bonchev–Trinajstić information content (AvgIpc) is 3.16. The number of amides is 4. The van der Waals surface area contributed by atoms with Gasteiger partial charge < -0.3 is 5.32 Å². The Hall–Kier alpha value is -3.73. The highest BCUT2D eigenvalue weighted by Crippen LogP contribution is 2.23. The van der Waals surface area contributed by atoms with Crippen LogP contribution in [0.5, 0.6) is 0 Å². The maximum Gasteiger partial charge on any atom is 0.344 e. The minimum absolute atomic E-state index is 0.0284. The molecule has 3 N–H and O–H groups in total. The van der Waals surface area contributed by atoms with Crippen molar-refractivity contribution in [1.82, 2.24) is 20.5 Å². The molecular formula is C21H21N5O5S. The molecule has 1 unspecified atom stereocenters. The first-order valence-electron chi connectivity index (χ1n) is 9.86. The van der Waals surface area contributed by atoms with Crippen molar-refractivity contribution in [2.45, 2.75) is 30.2 Å². The molecule has 10 nitrogen and oxygen atoms in total. The number of carbonyl (C=O) groups is 3. The van der Waals surface area contributed by atoms with Gasteiger partial charge >= 0.3 is 6.03 Å². The summed E-state index contributed by atoms with van der Waals surface area (Å²) in [5, 5.41) is 3.26. The van der Waals surface area contributed by atoms with Crippen molar-refractivity contribution in [2.24, 2.45) is 4.99 Å². The molecule has 0 aromatic heterocycles. The Morgan fingerprint density at radius 1 is 1.09 bits per heavy atom. The predicted octanol–water partition coefficient (Wildman–Crippen LogP) is 0.700. The van der Waals surface area contributed by atoms with E-state index in [0.717, 1.165) is 5.56 Å². The zero-order chi connectivity index (χ0) is 22.9. The van der Waals surface area contributed by atoms with Crippen LogP contribution in [0.3, 0.4) is 0 Å². The molecule has 4 amide bonds. The number of nitrogens with zero attached hydrogens (tertiary/aromatic N) is 2. The fraction of sp³-hybridized carbons (Fsp3) is 0.238. The topological polar surface area (TPSA) is 137 Å². The van der Waals surface area contributed by atoms with Crippen LogP contribution < -0.4 is 15.5 Å². The van der Waals surface area contributed by atoms with Crippen molar-refractivity contribution in [3.8, 4) is 0 Å². The lowest BCUT2D eigenvalue weighted by molar-refractivity contribution is -0.138. The van der Waals surface area contributed by atoms with E-state index < -0.39 is 40.0 Å². The summed E-state index contributed by atoms with van der Waals surface area (Å²) < 4.78 is 26.5. The van der Waals surface area contributed by atoms with Gasteiger partial charge in [0.2, 0.25) is 0 Å². The van der Waals surface area contributed by atoms with E-state index >= 15 is 0 Å². The number of urea groups is 1. The molecule has 2 aromatic rings. The third-order valence-electron chi connectivity index (χ3n) is 5.30. The first-order chi connectivity index (χ1) is 15.2. The normalized spacial score (nSPS) is 22.4. The van der Waals surface area contributed by atoms with Gasteiger partial charge in [0.15, 0.2) is 0 Å². The third kappa shape index (κ3) is 4.06. The second-order valence-corrected chi connectivity index (χ2v) is 9.34. The maximum absolute atomic E-state index is 12.8. The maximum atomic E-state index is 12.8. The molecule has 0 saturated carbocycles. The summed E-state index contributed by atoms with van der Waals surface area (Å²) in [5.74, 6) is -1.29. The van der Waals surface area contributed by atoms with E-state index in [4.69, 9.17) is 0 Å². The summed E-state index contributed by atoms with van der Waals surface area (Å²) in [6.45, 7) is 1.12. The van der Waals surface area contributed by atoms with Gasteiger partial charge in [-0.3, -0.25) is 24.7 Å². The number of rotatable bonds is 6. The van der Waals surface area contributed by atoms with Gasteiger partial charge in [-0.2, -0.15) is 5.01 Å². The van der Waals surface area contributed by atoms with Crippen LogP contribution in [0.2, 0.25) is 0 Å². The number of hydrazine groups is 1. The lowest BCUT2D eigenvalue weighted by Crippen LogP contribution is -2.49. The van der Waals surface area contributed by atoms with Crippen LogP contribution in [0.25, 0.3) is 0 Å². The number of sulfonamides is 1. The molecular weight excluding hydrogens is 434 g/mol. The summed E-state index contributed by atoms with van der Waals surface area (Å²) in [7, 11) is -3.73. The summed E-state index contributed by atoms with van der Waals surface area (Å²) in [5.41, 5.74) is 2.46. The van der Waals surface area contributed by atoms with Gasteiger partial charge in [0.1, 0.15) is 17.9 Å². The molecule has 2 heterocycles. The van der Waals surface area contributed by atoms with Gasteiger partial charge in [-0.15, -0.1) is 0 Å². The van der Waals surface area contributed by atoms with Gasteiger partial charge in [-0.1, -0.05) is 42.5 Å². The Bertz CT molecular complexity index is 1230. The lowest BCUT2D eigenvalue weighted by Gasteiger charge is -2.21. The van der Waals surface area contributed by atoms with Crippen LogP contribution in [0.1, 0.15) is 24.5 Å². The monoisotopic (exact) mass is 455 g/mol. The minimum Gasteiger partial charge on any atom is -0.322 e. The van der Waals surface area contributed by atoms with Crippen molar-refractivity contribution in [1.29, 1.82) is 0 Å². The van der Waals surface area contributed by atoms with Crippen LogP contribution in [-0.2, 0) is 26.0 Å². The molecule has 0 bridgehead atoms. The van der Waals surface area contributed by atoms with E-state index in [9.17, 15) is 22.8 Å².